The van der Waals surface area contributed by atoms with Gasteiger partial charge in [-0.1, -0.05) is 5.16 Å². The minimum Gasteiger partial charge on any atom is -0.507 e. The smallest absolute Gasteiger partial charge is 0.261 e. The van der Waals surface area contributed by atoms with Crippen molar-refractivity contribution in [3.05, 3.63) is 24.0 Å². The summed E-state index contributed by atoms with van der Waals surface area (Å²) >= 11 is 0. The van der Waals surface area contributed by atoms with Gasteiger partial charge >= 0.3 is 0 Å². The number of hydrogen-bond acceptors (Lipinski definition) is 6. The third-order valence-corrected chi connectivity index (χ3v) is 3.80. The first-order valence-corrected chi connectivity index (χ1v) is 6.98. The van der Waals surface area contributed by atoms with Crippen LogP contribution in [0.25, 0.3) is 11.5 Å². The highest BCUT2D eigenvalue weighted by Gasteiger charge is 2.35. The number of phenols is 1. The third-order valence-electron chi connectivity index (χ3n) is 3.80. The first-order valence-electron chi connectivity index (χ1n) is 6.98. The second-order valence-corrected chi connectivity index (χ2v) is 5.34. The van der Waals surface area contributed by atoms with Gasteiger partial charge in [-0.15, -0.1) is 0 Å². The lowest BCUT2D eigenvalue weighted by Crippen LogP contribution is -2.31. The summed E-state index contributed by atoms with van der Waals surface area (Å²) in [6.07, 6.45) is 2.98. The van der Waals surface area contributed by atoms with E-state index in [4.69, 9.17) is 14.0 Å². The zero-order chi connectivity index (χ0) is 14.9. The number of benzene rings is 1. The van der Waals surface area contributed by atoms with Crippen LogP contribution >= 0.6 is 0 Å². The molecule has 6 nitrogen and oxygen atoms in total. The maximum atomic E-state index is 9.95. The molecule has 1 saturated heterocycles. The van der Waals surface area contributed by atoms with Gasteiger partial charge in [-0.3, -0.25) is 0 Å². The molecule has 0 saturated carbocycles. The maximum Gasteiger partial charge on any atom is 0.261 e. The van der Waals surface area contributed by atoms with Crippen LogP contribution in [-0.4, -0.2) is 29.0 Å². The van der Waals surface area contributed by atoms with Crippen LogP contribution < -0.4 is 4.74 Å². The van der Waals surface area contributed by atoms with Crippen molar-refractivity contribution in [2.45, 2.75) is 31.8 Å². The van der Waals surface area contributed by atoms with Crippen molar-refractivity contribution in [1.29, 1.82) is 0 Å². The minimum atomic E-state index is -0.519. The molecular weight excluding hydrogens is 272 g/mol. The molecule has 1 atom stereocenters. The predicted octanol–water partition coefficient (Wildman–Crippen LogP) is 2.87. The van der Waals surface area contributed by atoms with Crippen molar-refractivity contribution >= 4 is 0 Å². The fourth-order valence-corrected chi connectivity index (χ4v) is 2.47. The van der Waals surface area contributed by atoms with Gasteiger partial charge in [0, 0.05) is 6.61 Å². The minimum absolute atomic E-state index is 0.0701. The molecule has 2 aromatic rings. The van der Waals surface area contributed by atoms with E-state index in [9.17, 15) is 5.11 Å². The molecule has 1 unspecified atom stereocenters. The van der Waals surface area contributed by atoms with Gasteiger partial charge in [-0.25, -0.2) is 0 Å². The third kappa shape index (κ3) is 2.58. The molecule has 1 aliphatic heterocycles. The van der Waals surface area contributed by atoms with Gasteiger partial charge in [0.2, 0.25) is 5.82 Å². The summed E-state index contributed by atoms with van der Waals surface area (Å²) in [4.78, 5) is 4.39. The Hall–Kier alpha value is -2.08. The molecule has 112 valence electrons. The van der Waals surface area contributed by atoms with E-state index in [2.05, 4.69) is 10.1 Å². The number of methoxy groups -OCH3 is 1. The van der Waals surface area contributed by atoms with Crippen molar-refractivity contribution in [3.63, 3.8) is 0 Å². The van der Waals surface area contributed by atoms with E-state index in [1.165, 1.54) is 6.07 Å². The van der Waals surface area contributed by atoms with Crippen LogP contribution in [0.3, 0.4) is 0 Å². The Balaban J connectivity index is 1.94. The number of rotatable bonds is 3. The van der Waals surface area contributed by atoms with Crippen LogP contribution in [0.15, 0.2) is 22.7 Å². The Bertz CT molecular complexity index is 632. The standard InChI is InChI=1S/C15H18N2O4/c1-15(7-3-4-8-20-15)14-16-13(21-17-14)11-9-10(19-2)5-6-12(11)18/h5-6,9,18H,3-4,7-8H2,1-2H3. The van der Waals surface area contributed by atoms with Gasteiger partial charge < -0.3 is 19.1 Å². The quantitative estimate of drug-likeness (QED) is 0.936. The topological polar surface area (TPSA) is 77.6 Å². The van der Waals surface area contributed by atoms with Crippen molar-refractivity contribution in [2.75, 3.05) is 13.7 Å². The SMILES string of the molecule is COc1ccc(O)c(-c2nc(C3(C)CCCCO3)no2)c1. The monoisotopic (exact) mass is 290 g/mol. The zero-order valence-corrected chi connectivity index (χ0v) is 12.1. The first-order chi connectivity index (χ1) is 10.1. The number of hydrogen-bond donors (Lipinski definition) is 1. The first kappa shape index (κ1) is 13.9. The average Bonchev–Trinajstić information content (AvgIpc) is 2.99. The Kier molecular flexibility index (Phi) is 3.55. The molecular formula is C15H18N2O4. The summed E-state index contributed by atoms with van der Waals surface area (Å²) in [7, 11) is 1.56. The van der Waals surface area contributed by atoms with E-state index >= 15 is 0 Å². The van der Waals surface area contributed by atoms with E-state index < -0.39 is 5.60 Å². The molecule has 0 amide bonds. The number of nitrogens with zero attached hydrogens (tertiary/aromatic N) is 2. The van der Waals surface area contributed by atoms with Crippen molar-refractivity contribution in [2.24, 2.45) is 0 Å². The Morgan fingerprint density at radius 1 is 1.33 bits per heavy atom. The van der Waals surface area contributed by atoms with Gasteiger partial charge in [0.15, 0.2) is 0 Å². The molecule has 1 aliphatic rings. The molecule has 0 radical (unpaired) electrons. The number of aromatic hydroxyl groups is 1. The average molecular weight is 290 g/mol. The summed E-state index contributed by atoms with van der Waals surface area (Å²) in [6, 6.07) is 4.87. The van der Waals surface area contributed by atoms with Crippen LogP contribution in [0, 0.1) is 0 Å². The van der Waals surface area contributed by atoms with Gasteiger partial charge in [0.25, 0.3) is 5.89 Å². The highest BCUT2D eigenvalue weighted by atomic mass is 16.5. The lowest BCUT2D eigenvalue weighted by molar-refractivity contribution is -0.0770. The van der Waals surface area contributed by atoms with Crippen LogP contribution in [0.5, 0.6) is 11.5 Å². The fraction of sp³-hybridized carbons (Fsp3) is 0.467. The molecule has 0 spiro atoms. The molecule has 0 aliphatic carbocycles. The van der Waals surface area contributed by atoms with Crippen LogP contribution in [-0.2, 0) is 10.3 Å². The normalized spacial score (nSPS) is 22.2. The highest BCUT2D eigenvalue weighted by molar-refractivity contribution is 5.64. The summed E-state index contributed by atoms with van der Waals surface area (Å²) in [5.41, 5.74) is -0.0680. The highest BCUT2D eigenvalue weighted by Crippen LogP contribution is 2.36. The summed E-state index contributed by atoms with van der Waals surface area (Å²) < 4.78 is 16.2. The second-order valence-electron chi connectivity index (χ2n) is 5.34. The summed E-state index contributed by atoms with van der Waals surface area (Å²) in [5, 5.41) is 14.0. The molecule has 3 rings (SSSR count). The molecule has 21 heavy (non-hydrogen) atoms. The maximum absolute atomic E-state index is 9.95. The van der Waals surface area contributed by atoms with Crippen LogP contribution in [0.4, 0.5) is 0 Å². The molecule has 1 aromatic heterocycles. The van der Waals surface area contributed by atoms with E-state index in [1.807, 2.05) is 6.92 Å². The van der Waals surface area contributed by atoms with Crippen LogP contribution in [0.2, 0.25) is 0 Å². The number of ether oxygens (including phenoxy) is 2. The number of phenolic OH excluding ortho intramolecular Hbond substituents is 1. The summed E-state index contributed by atoms with van der Waals surface area (Å²) in [6.45, 7) is 2.66. The van der Waals surface area contributed by atoms with Gasteiger partial charge in [0.1, 0.15) is 17.1 Å². The van der Waals surface area contributed by atoms with E-state index in [1.54, 1.807) is 19.2 Å². The van der Waals surface area contributed by atoms with Gasteiger partial charge in [0.05, 0.1) is 12.7 Å². The van der Waals surface area contributed by atoms with Crippen LogP contribution in [0.1, 0.15) is 32.0 Å². The van der Waals surface area contributed by atoms with E-state index in [0.717, 1.165) is 19.3 Å². The number of aromatic nitrogens is 2. The Morgan fingerprint density at radius 2 is 2.19 bits per heavy atom. The molecule has 6 heteroatoms. The zero-order valence-electron chi connectivity index (χ0n) is 12.1. The fourth-order valence-electron chi connectivity index (χ4n) is 2.47. The van der Waals surface area contributed by atoms with Crippen molar-refractivity contribution in [1.82, 2.24) is 10.1 Å². The lowest BCUT2D eigenvalue weighted by Gasteiger charge is -2.30. The lowest BCUT2D eigenvalue weighted by atomic mass is 9.95. The molecule has 1 aromatic carbocycles. The molecule has 0 bridgehead atoms. The predicted molar refractivity (Wildman–Crippen MR) is 75.1 cm³/mol. The molecule has 2 heterocycles. The molecule has 1 N–H and O–H groups in total. The Labute approximate surface area is 122 Å². The van der Waals surface area contributed by atoms with Gasteiger partial charge in [-0.05, 0) is 44.4 Å². The van der Waals surface area contributed by atoms with Crippen molar-refractivity contribution in [3.8, 4) is 23.0 Å². The van der Waals surface area contributed by atoms with Crippen molar-refractivity contribution < 1.29 is 19.1 Å². The summed E-state index contributed by atoms with van der Waals surface area (Å²) in [5.74, 6) is 1.46. The van der Waals surface area contributed by atoms with Gasteiger partial charge in [-0.2, -0.15) is 4.98 Å². The second kappa shape index (κ2) is 5.37. The van der Waals surface area contributed by atoms with E-state index in [0.29, 0.717) is 23.7 Å². The molecule has 1 fully saturated rings. The van der Waals surface area contributed by atoms with E-state index in [-0.39, 0.29) is 11.6 Å². The largest absolute Gasteiger partial charge is 0.507 e. The Morgan fingerprint density at radius 3 is 2.90 bits per heavy atom.